The van der Waals surface area contributed by atoms with Gasteiger partial charge in [-0.1, -0.05) is 26.8 Å². The van der Waals surface area contributed by atoms with Crippen molar-refractivity contribution in [2.75, 3.05) is 6.79 Å². The summed E-state index contributed by atoms with van der Waals surface area (Å²) < 4.78 is 9.81. The molecule has 0 aromatic carbocycles. The number of hydrogen-bond donors (Lipinski definition) is 0. The molecule has 0 atom stereocenters. The Morgan fingerprint density at radius 2 is 1.72 bits per heavy atom. The van der Waals surface area contributed by atoms with Gasteiger partial charge in [0.2, 0.25) is 6.79 Å². The predicted molar refractivity (Wildman–Crippen MR) is 69.7 cm³/mol. The lowest BCUT2D eigenvalue weighted by molar-refractivity contribution is -0.171. The third kappa shape index (κ3) is 5.84. The van der Waals surface area contributed by atoms with Gasteiger partial charge in [-0.15, -0.1) is 0 Å². The maximum Gasteiger partial charge on any atom is 0.336 e. The van der Waals surface area contributed by atoms with Gasteiger partial charge in [0.25, 0.3) is 0 Å². The molecule has 0 saturated carbocycles. The number of esters is 2. The summed E-state index contributed by atoms with van der Waals surface area (Å²) in [5, 5.41) is 0. The topological polar surface area (TPSA) is 52.6 Å². The van der Waals surface area contributed by atoms with E-state index in [4.69, 9.17) is 9.47 Å². The van der Waals surface area contributed by atoms with Crippen molar-refractivity contribution in [1.29, 1.82) is 0 Å². The average Bonchev–Trinajstić information content (AvgIpc) is 2.23. The van der Waals surface area contributed by atoms with Crippen molar-refractivity contribution < 1.29 is 19.1 Å². The number of rotatable bonds is 5. The Kier molecular flexibility index (Phi) is 6.66. The van der Waals surface area contributed by atoms with Gasteiger partial charge < -0.3 is 9.47 Å². The van der Waals surface area contributed by atoms with Crippen LogP contribution in [0.25, 0.3) is 0 Å². The smallest absolute Gasteiger partial charge is 0.336 e. The Morgan fingerprint density at radius 3 is 2.11 bits per heavy atom. The van der Waals surface area contributed by atoms with Crippen LogP contribution in [0.2, 0.25) is 0 Å². The van der Waals surface area contributed by atoms with E-state index in [0.29, 0.717) is 5.57 Å². The summed E-state index contributed by atoms with van der Waals surface area (Å²) in [4.78, 5) is 23.2. The zero-order chi connectivity index (χ0) is 14.3. The lowest BCUT2D eigenvalue weighted by Crippen LogP contribution is -2.25. The Labute approximate surface area is 109 Å². The van der Waals surface area contributed by atoms with E-state index in [-0.39, 0.29) is 18.7 Å². The van der Waals surface area contributed by atoms with Crippen LogP contribution in [-0.2, 0) is 19.1 Å². The molecule has 0 rings (SSSR count). The van der Waals surface area contributed by atoms with E-state index in [1.165, 1.54) is 0 Å². The molecule has 0 aliphatic carbocycles. The van der Waals surface area contributed by atoms with Gasteiger partial charge in [0, 0.05) is 5.57 Å². The van der Waals surface area contributed by atoms with E-state index in [1.807, 2.05) is 26.8 Å². The monoisotopic (exact) mass is 256 g/mol. The Bertz CT molecular complexity index is 321. The molecular weight excluding hydrogens is 232 g/mol. The minimum atomic E-state index is -0.591. The van der Waals surface area contributed by atoms with E-state index in [0.717, 1.165) is 6.42 Å². The number of carbonyl (C=O) groups excluding carboxylic acids is 2. The first-order valence-corrected chi connectivity index (χ1v) is 6.24. The van der Waals surface area contributed by atoms with E-state index < -0.39 is 11.4 Å². The molecule has 0 aromatic heterocycles. The van der Waals surface area contributed by atoms with E-state index in [9.17, 15) is 9.59 Å². The molecule has 0 N–H and O–H groups in total. The summed E-state index contributed by atoms with van der Waals surface area (Å²) in [7, 11) is 0. The van der Waals surface area contributed by atoms with Crippen LogP contribution in [0.1, 0.15) is 48.0 Å². The molecule has 0 bridgehead atoms. The van der Waals surface area contributed by atoms with Crippen LogP contribution in [0.4, 0.5) is 0 Å². The van der Waals surface area contributed by atoms with E-state index in [1.54, 1.807) is 20.8 Å². The Morgan fingerprint density at radius 1 is 1.17 bits per heavy atom. The van der Waals surface area contributed by atoms with Crippen molar-refractivity contribution in [1.82, 2.24) is 0 Å². The van der Waals surface area contributed by atoms with Crippen LogP contribution in [0, 0.1) is 11.3 Å². The number of allylic oxidation sites excluding steroid dienone is 1. The number of carbonyl (C=O) groups is 2. The summed E-state index contributed by atoms with van der Waals surface area (Å²) in [6.07, 6.45) is 2.60. The van der Waals surface area contributed by atoms with Crippen molar-refractivity contribution in [3.63, 3.8) is 0 Å². The zero-order valence-corrected chi connectivity index (χ0v) is 12.2. The van der Waals surface area contributed by atoms with Gasteiger partial charge >= 0.3 is 11.9 Å². The molecule has 18 heavy (non-hydrogen) atoms. The molecule has 104 valence electrons. The maximum atomic E-state index is 11.7. The minimum absolute atomic E-state index is 0.0933. The summed E-state index contributed by atoms with van der Waals surface area (Å²) in [6.45, 7) is 10.7. The van der Waals surface area contributed by atoms with Gasteiger partial charge in [-0.3, -0.25) is 4.79 Å². The second kappa shape index (κ2) is 7.19. The molecule has 0 unspecified atom stereocenters. The molecule has 0 heterocycles. The summed E-state index contributed by atoms with van der Waals surface area (Å²) in [6, 6.07) is 0. The van der Waals surface area contributed by atoms with Gasteiger partial charge in [0.1, 0.15) is 0 Å². The first-order chi connectivity index (χ1) is 8.20. The molecule has 4 heteroatoms. The molecule has 0 aromatic rings. The maximum absolute atomic E-state index is 11.7. The lowest BCUT2D eigenvalue weighted by atomic mass is 9.98. The highest BCUT2D eigenvalue weighted by atomic mass is 16.7. The van der Waals surface area contributed by atoms with Gasteiger partial charge in [-0.2, -0.15) is 0 Å². The second-order valence-electron chi connectivity index (χ2n) is 5.45. The molecule has 0 aliphatic rings. The molecular formula is C14H24O4. The second-order valence-corrected chi connectivity index (χ2v) is 5.45. The lowest BCUT2D eigenvalue weighted by Gasteiger charge is -2.17. The Balaban J connectivity index is 4.27. The molecule has 0 spiro atoms. The van der Waals surface area contributed by atoms with E-state index in [2.05, 4.69) is 0 Å². The van der Waals surface area contributed by atoms with Crippen LogP contribution in [-0.4, -0.2) is 18.7 Å². The fourth-order valence-electron chi connectivity index (χ4n) is 1.21. The first-order valence-electron chi connectivity index (χ1n) is 6.24. The average molecular weight is 256 g/mol. The van der Waals surface area contributed by atoms with Crippen molar-refractivity contribution in [2.24, 2.45) is 11.3 Å². The Hall–Kier alpha value is -1.32. The van der Waals surface area contributed by atoms with Gasteiger partial charge in [0.15, 0.2) is 0 Å². The highest BCUT2D eigenvalue weighted by molar-refractivity contribution is 5.88. The normalized spacial score (nSPS) is 12.5. The predicted octanol–water partition coefficient (Wildman–Crippen LogP) is 3.07. The fourth-order valence-corrected chi connectivity index (χ4v) is 1.21. The van der Waals surface area contributed by atoms with Gasteiger partial charge in [-0.05, 0) is 33.1 Å². The molecule has 0 amide bonds. The highest BCUT2D eigenvalue weighted by Crippen LogP contribution is 2.16. The van der Waals surface area contributed by atoms with E-state index >= 15 is 0 Å². The third-order valence-corrected chi connectivity index (χ3v) is 2.27. The van der Waals surface area contributed by atoms with Gasteiger partial charge in [0.05, 0.1) is 5.41 Å². The first kappa shape index (κ1) is 16.7. The number of hydrogen-bond acceptors (Lipinski definition) is 4. The molecule has 0 saturated heterocycles. The van der Waals surface area contributed by atoms with Crippen LogP contribution in [0.15, 0.2) is 11.6 Å². The van der Waals surface area contributed by atoms with Crippen molar-refractivity contribution in [3.8, 4) is 0 Å². The SMILES string of the molecule is CCC=C(C(=O)OCOC(=O)C(C)(C)C)C(C)C. The van der Waals surface area contributed by atoms with Crippen LogP contribution < -0.4 is 0 Å². The quantitative estimate of drug-likeness (QED) is 0.431. The van der Waals surface area contributed by atoms with Crippen LogP contribution >= 0.6 is 0 Å². The van der Waals surface area contributed by atoms with Crippen molar-refractivity contribution in [2.45, 2.75) is 48.0 Å². The summed E-state index contributed by atoms with van der Waals surface area (Å²) in [5.74, 6) is -0.717. The summed E-state index contributed by atoms with van der Waals surface area (Å²) >= 11 is 0. The largest absolute Gasteiger partial charge is 0.427 e. The summed E-state index contributed by atoms with van der Waals surface area (Å²) in [5.41, 5.74) is 0.0244. The molecule has 0 radical (unpaired) electrons. The standard InChI is InChI=1S/C14H24O4/c1-7-8-11(10(2)3)12(15)17-9-18-13(16)14(4,5)6/h8,10H,7,9H2,1-6H3. The third-order valence-electron chi connectivity index (χ3n) is 2.27. The zero-order valence-electron chi connectivity index (χ0n) is 12.2. The highest BCUT2D eigenvalue weighted by Gasteiger charge is 2.23. The minimum Gasteiger partial charge on any atom is -0.427 e. The fraction of sp³-hybridized carbons (Fsp3) is 0.714. The van der Waals surface area contributed by atoms with Crippen LogP contribution in [0.5, 0.6) is 0 Å². The van der Waals surface area contributed by atoms with Crippen LogP contribution in [0.3, 0.4) is 0 Å². The molecule has 4 nitrogen and oxygen atoms in total. The molecule has 0 fully saturated rings. The van der Waals surface area contributed by atoms with Gasteiger partial charge in [-0.25, -0.2) is 4.79 Å². The molecule has 0 aliphatic heterocycles. The van der Waals surface area contributed by atoms with Crippen molar-refractivity contribution in [3.05, 3.63) is 11.6 Å². The number of ether oxygens (including phenoxy) is 2. The van der Waals surface area contributed by atoms with Crippen molar-refractivity contribution >= 4 is 11.9 Å².